The first kappa shape index (κ1) is 11.9. The molecule has 2 aliphatic rings. The predicted octanol–water partition coefficient (Wildman–Crippen LogP) is 2.68. The van der Waals surface area contributed by atoms with E-state index < -0.39 is 8.90 Å². The van der Waals surface area contributed by atoms with E-state index in [0.29, 0.717) is 12.5 Å². The number of hydrogen-bond acceptors (Lipinski definition) is 2. The number of rotatable bonds is 7. The maximum Gasteiger partial charge on any atom is 0.472 e. The van der Waals surface area contributed by atoms with Crippen LogP contribution in [0.25, 0.3) is 0 Å². The van der Waals surface area contributed by atoms with Gasteiger partial charge in [0.2, 0.25) is 0 Å². The highest BCUT2D eigenvalue weighted by atomic mass is 28.3. The molecule has 1 unspecified atom stereocenters. The third-order valence-electron chi connectivity index (χ3n) is 3.61. The van der Waals surface area contributed by atoms with Gasteiger partial charge in [-0.25, -0.2) is 0 Å². The average Bonchev–Trinajstić information content (AvgIpc) is 2.96. The van der Waals surface area contributed by atoms with Gasteiger partial charge in [0, 0.05) is 0 Å². The van der Waals surface area contributed by atoms with Crippen LogP contribution in [0.15, 0.2) is 12.2 Å². The quantitative estimate of drug-likeness (QED) is 0.501. The summed E-state index contributed by atoms with van der Waals surface area (Å²) in [4.78, 5) is 0. The van der Waals surface area contributed by atoms with Gasteiger partial charge in [-0.05, 0) is 56.2 Å². The minimum Gasteiger partial charge on any atom is -0.524 e. The fourth-order valence-corrected chi connectivity index (χ4v) is 3.26. The topological polar surface area (TPSA) is 18.5 Å². The van der Waals surface area contributed by atoms with Crippen LogP contribution in [0.5, 0.6) is 0 Å². The van der Waals surface area contributed by atoms with Gasteiger partial charge in [0.25, 0.3) is 0 Å². The van der Waals surface area contributed by atoms with E-state index in [0.717, 1.165) is 5.92 Å². The fourth-order valence-electron chi connectivity index (χ4n) is 2.24. The summed E-state index contributed by atoms with van der Waals surface area (Å²) >= 11 is 0. The zero-order chi connectivity index (χ0) is 11.5. The minimum atomic E-state index is -1.32. The van der Waals surface area contributed by atoms with Gasteiger partial charge in [0.05, 0.1) is 6.61 Å². The van der Waals surface area contributed by atoms with Crippen molar-refractivity contribution in [3.05, 3.63) is 12.2 Å². The molecule has 3 heteroatoms. The lowest BCUT2D eigenvalue weighted by Crippen LogP contribution is -2.35. The summed E-state index contributed by atoms with van der Waals surface area (Å²) in [5, 5.41) is 0. The van der Waals surface area contributed by atoms with Gasteiger partial charge in [-0.2, -0.15) is 0 Å². The van der Waals surface area contributed by atoms with Crippen LogP contribution < -0.4 is 0 Å². The van der Waals surface area contributed by atoms with Gasteiger partial charge in [-0.3, -0.25) is 0 Å². The largest absolute Gasteiger partial charge is 0.524 e. The van der Waals surface area contributed by atoms with E-state index >= 15 is 0 Å². The van der Waals surface area contributed by atoms with Gasteiger partial charge < -0.3 is 8.85 Å². The first-order chi connectivity index (χ1) is 7.72. The van der Waals surface area contributed by atoms with Gasteiger partial charge in [-0.1, -0.05) is 13.0 Å². The Hall–Kier alpha value is -0.573. The smallest absolute Gasteiger partial charge is 0.472 e. The van der Waals surface area contributed by atoms with Crippen LogP contribution in [-0.4, -0.2) is 27.8 Å². The molecule has 0 aromatic heterocycles. The van der Waals surface area contributed by atoms with Crippen molar-refractivity contribution in [2.45, 2.75) is 45.1 Å². The van der Waals surface area contributed by atoms with E-state index in [4.69, 9.17) is 8.85 Å². The molecule has 0 N–H and O–H groups in total. The molecule has 16 heavy (non-hydrogen) atoms. The maximum absolute atomic E-state index is 6.03. The normalized spacial score (nSPS) is 22.1. The van der Waals surface area contributed by atoms with Crippen LogP contribution >= 0.6 is 0 Å². The summed E-state index contributed by atoms with van der Waals surface area (Å²) < 4.78 is 11.5. The SMILES string of the molecule is C=C(C1CC1)C(O[Si](=C)OCC)C1CCC1. The van der Waals surface area contributed by atoms with E-state index in [1.165, 1.54) is 37.7 Å². The average molecular weight is 238 g/mol. The molecule has 0 saturated heterocycles. The van der Waals surface area contributed by atoms with E-state index in [2.05, 4.69) is 12.8 Å². The zero-order valence-corrected chi connectivity index (χ0v) is 11.2. The van der Waals surface area contributed by atoms with Gasteiger partial charge in [0.15, 0.2) is 0 Å². The highest BCUT2D eigenvalue weighted by molar-refractivity contribution is 6.49. The Labute approximate surface area is 100 Å². The molecule has 2 fully saturated rings. The fraction of sp³-hybridized carbons (Fsp3) is 0.769. The zero-order valence-electron chi connectivity index (χ0n) is 10.2. The minimum absolute atomic E-state index is 0.235. The van der Waals surface area contributed by atoms with E-state index in [1.807, 2.05) is 6.92 Å². The molecule has 0 radical (unpaired) electrons. The van der Waals surface area contributed by atoms with Gasteiger partial charge in [0.1, 0.15) is 6.10 Å². The van der Waals surface area contributed by atoms with Crippen LogP contribution in [0.1, 0.15) is 39.0 Å². The van der Waals surface area contributed by atoms with Crippen molar-refractivity contribution < 1.29 is 8.85 Å². The Morgan fingerprint density at radius 1 is 1.38 bits per heavy atom. The summed E-state index contributed by atoms with van der Waals surface area (Å²) in [6.45, 7) is 6.93. The van der Waals surface area contributed by atoms with Gasteiger partial charge >= 0.3 is 8.90 Å². The van der Waals surface area contributed by atoms with Gasteiger partial charge in [-0.15, -0.1) is 0 Å². The maximum atomic E-state index is 6.03. The molecule has 2 rings (SSSR count). The van der Waals surface area contributed by atoms with E-state index in [9.17, 15) is 0 Å². The Kier molecular flexibility index (Phi) is 3.85. The second kappa shape index (κ2) is 5.17. The molecule has 0 heterocycles. The summed E-state index contributed by atoms with van der Waals surface area (Å²) in [6, 6.07) is 0. The van der Waals surface area contributed by atoms with Crippen LogP contribution in [0.3, 0.4) is 0 Å². The van der Waals surface area contributed by atoms with Crippen LogP contribution in [0, 0.1) is 11.8 Å². The predicted molar refractivity (Wildman–Crippen MR) is 68.6 cm³/mol. The van der Waals surface area contributed by atoms with E-state index in [1.54, 1.807) is 0 Å². The Balaban J connectivity index is 1.90. The molecule has 0 aromatic rings. The Morgan fingerprint density at radius 3 is 2.50 bits per heavy atom. The Morgan fingerprint density at radius 2 is 2.06 bits per heavy atom. The first-order valence-electron chi connectivity index (χ1n) is 6.39. The lowest BCUT2D eigenvalue weighted by atomic mass is 9.78. The lowest BCUT2D eigenvalue weighted by Gasteiger charge is -2.35. The van der Waals surface area contributed by atoms with Crippen LogP contribution in [0.2, 0.25) is 0 Å². The third kappa shape index (κ3) is 2.76. The second-order valence-electron chi connectivity index (χ2n) is 4.88. The van der Waals surface area contributed by atoms with Crippen LogP contribution in [0.4, 0.5) is 0 Å². The molecule has 2 nitrogen and oxygen atoms in total. The molecule has 1 atom stereocenters. The van der Waals surface area contributed by atoms with Crippen molar-refractivity contribution in [2.75, 3.05) is 6.61 Å². The van der Waals surface area contributed by atoms with Crippen molar-refractivity contribution in [1.82, 2.24) is 0 Å². The Bertz CT molecular complexity index is 280. The lowest BCUT2D eigenvalue weighted by molar-refractivity contribution is 0.0861. The standard InChI is InChI=1S/C13H22O2Si/c1-4-14-16(3)15-13(12-6-5-7-12)10(2)11-8-9-11/h11-13H,2-9H2,1H3. The van der Waals surface area contributed by atoms with Crippen molar-refractivity contribution in [3.8, 4) is 0 Å². The summed E-state index contributed by atoms with van der Waals surface area (Å²) in [5.74, 6) is 1.41. The molecule has 2 aliphatic carbocycles. The van der Waals surface area contributed by atoms with Crippen molar-refractivity contribution in [2.24, 2.45) is 11.8 Å². The number of hydrogen-bond donors (Lipinski definition) is 0. The highest BCUT2D eigenvalue weighted by Gasteiger charge is 2.37. The molecular formula is C13H22O2Si. The molecular weight excluding hydrogens is 216 g/mol. The third-order valence-corrected chi connectivity index (χ3v) is 4.74. The molecule has 0 aliphatic heterocycles. The summed E-state index contributed by atoms with van der Waals surface area (Å²) in [7, 11) is -1.32. The van der Waals surface area contributed by atoms with Crippen LogP contribution in [-0.2, 0) is 8.85 Å². The second-order valence-corrected chi connectivity index (χ2v) is 6.15. The molecule has 0 bridgehead atoms. The molecule has 90 valence electrons. The molecule has 0 aromatic carbocycles. The monoisotopic (exact) mass is 238 g/mol. The van der Waals surface area contributed by atoms with E-state index in [-0.39, 0.29) is 6.10 Å². The molecule has 0 amide bonds. The van der Waals surface area contributed by atoms with Crippen molar-refractivity contribution >= 4 is 15.1 Å². The summed E-state index contributed by atoms with van der Waals surface area (Å²) in [5.41, 5.74) is 1.32. The first-order valence-corrected chi connectivity index (χ1v) is 7.91. The van der Waals surface area contributed by atoms with Crippen molar-refractivity contribution in [1.29, 1.82) is 0 Å². The molecule has 2 saturated carbocycles. The molecule has 0 spiro atoms. The van der Waals surface area contributed by atoms with Crippen molar-refractivity contribution in [3.63, 3.8) is 0 Å². The highest BCUT2D eigenvalue weighted by Crippen LogP contribution is 2.43. The summed E-state index contributed by atoms with van der Waals surface area (Å²) in [6.07, 6.45) is 10.8.